The Morgan fingerprint density at radius 3 is 3.00 bits per heavy atom. The Balaban J connectivity index is 2.02. The van der Waals surface area contributed by atoms with Gasteiger partial charge in [-0.15, -0.1) is 0 Å². The van der Waals surface area contributed by atoms with Gasteiger partial charge in [-0.05, 0) is 12.8 Å². The van der Waals surface area contributed by atoms with Crippen LogP contribution in [0.5, 0.6) is 0 Å². The maximum absolute atomic E-state index is 11.3. The molecular weight excluding hydrogens is 210 g/mol. The van der Waals surface area contributed by atoms with E-state index in [9.17, 15) is 9.59 Å². The Labute approximate surface area is 91.7 Å². The van der Waals surface area contributed by atoms with Crippen LogP contribution in [0.3, 0.4) is 0 Å². The lowest BCUT2D eigenvalue weighted by Gasteiger charge is -2.04. The molecule has 6 heteroatoms. The standard InChI is InChI=1S/C10H13N3O3/c14-8-5-7(11-4-3-9(15)16)12-10(13-8)6-1-2-6/h5-6H,1-4H2,(H,15,16)(H2,11,12,13,14). The van der Waals surface area contributed by atoms with E-state index in [4.69, 9.17) is 5.11 Å². The summed E-state index contributed by atoms with van der Waals surface area (Å²) in [4.78, 5) is 28.5. The van der Waals surface area contributed by atoms with Gasteiger partial charge in [0, 0.05) is 18.5 Å². The summed E-state index contributed by atoms with van der Waals surface area (Å²) < 4.78 is 0. The van der Waals surface area contributed by atoms with Gasteiger partial charge in [-0.3, -0.25) is 9.59 Å². The van der Waals surface area contributed by atoms with Crippen LogP contribution < -0.4 is 10.9 Å². The second-order valence-electron chi connectivity index (χ2n) is 3.86. The quantitative estimate of drug-likeness (QED) is 0.677. The normalized spacial score (nSPS) is 14.8. The van der Waals surface area contributed by atoms with Gasteiger partial charge in [0.2, 0.25) is 0 Å². The van der Waals surface area contributed by atoms with Crippen molar-refractivity contribution in [1.29, 1.82) is 0 Å². The summed E-state index contributed by atoms with van der Waals surface area (Å²) in [5.41, 5.74) is -0.199. The molecule has 1 fully saturated rings. The first-order chi connectivity index (χ1) is 7.65. The lowest BCUT2D eigenvalue weighted by molar-refractivity contribution is -0.136. The molecule has 2 rings (SSSR count). The number of aliphatic carboxylic acids is 1. The third-order valence-corrected chi connectivity index (χ3v) is 2.37. The minimum atomic E-state index is -0.875. The van der Waals surface area contributed by atoms with Gasteiger partial charge >= 0.3 is 5.97 Å². The fourth-order valence-corrected chi connectivity index (χ4v) is 1.41. The first-order valence-corrected chi connectivity index (χ1v) is 5.22. The highest BCUT2D eigenvalue weighted by Gasteiger charge is 2.26. The number of nitrogens with zero attached hydrogens (tertiary/aromatic N) is 1. The molecule has 1 aromatic rings. The van der Waals surface area contributed by atoms with E-state index < -0.39 is 5.97 Å². The molecular formula is C10H13N3O3. The Morgan fingerprint density at radius 2 is 2.38 bits per heavy atom. The van der Waals surface area contributed by atoms with Crippen molar-refractivity contribution in [3.63, 3.8) is 0 Å². The molecule has 6 nitrogen and oxygen atoms in total. The van der Waals surface area contributed by atoms with Crippen molar-refractivity contribution < 1.29 is 9.90 Å². The summed E-state index contributed by atoms with van der Waals surface area (Å²) in [5, 5.41) is 11.3. The van der Waals surface area contributed by atoms with E-state index in [0.29, 0.717) is 17.6 Å². The van der Waals surface area contributed by atoms with Crippen LogP contribution in [-0.4, -0.2) is 27.6 Å². The number of aromatic nitrogens is 2. The molecule has 1 aliphatic rings. The second kappa shape index (κ2) is 4.34. The molecule has 0 atom stereocenters. The average molecular weight is 223 g/mol. The lowest BCUT2D eigenvalue weighted by Crippen LogP contribution is -2.15. The van der Waals surface area contributed by atoms with Crippen LogP contribution in [0.1, 0.15) is 31.0 Å². The molecule has 0 amide bonds. The zero-order valence-corrected chi connectivity index (χ0v) is 8.69. The largest absolute Gasteiger partial charge is 0.481 e. The van der Waals surface area contributed by atoms with E-state index in [0.717, 1.165) is 12.8 Å². The fraction of sp³-hybridized carbons (Fsp3) is 0.500. The van der Waals surface area contributed by atoms with Gasteiger partial charge in [0.15, 0.2) is 0 Å². The molecule has 0 radical (unpaired) electrons. The molecule has 0 unspecified atom stereocenters. The van der Waals surface area contributed by atoms with Crippen molar-refractivity contribution in [3.8, 4) is 0 Å². The summed E-state index contributed by atoms with van der Waals surface area (Å²) in [7, 11) is 0. The van der Waals surface area contributed by atoms with Crippen LogP contribution in [0.2, 0.25) is 0 Å². The predicted molar refractivity (Wildman–Crippen MR) is 57.6 cm³/mol. The second-order valence-corrected chi connectivity index (χ2v) is 3.86. The van der Waals surface area contributed by atoms with E-state index in [2.05, 4.69) is 15.3 Å². The Bertz CT molecular complexity index is 451. The van der Waals surface area contributed by atoms with Crippen LogP contribution in [0.15, 0.2) is 10.9 Å². The number of hydrogen-bond donors (Lipinski definition) is 3. The highest BCUT2D eigenvalue weighted by Crippen LogP contribution is 2.37. The van der Waals surface area contributed by atoms with E-state index in [1.807, 2.05) is 0 Å². The van der Waals surface area contributed by atoms with Crippen LogP contribution in [0.4, 0.5) is 5.82 Å². The molecule has 1 heterocycles. The molecule has 16 heavy (non-hydrogen) atoms. The van der Waals surface area contributed by atoms with Gasteiger partial charge in [-0.2, -0.15) is 0 Å². The summed E-state index contributed by atoms with van der Waals surface area (Å²) in [6.45, 7) is 0.274. The molecule has 0 aliphatic heterocycles. The van der Waals surface area contributed by atoms with Gasteiger partial charge in [0.1, 0.15) is 11.6 Å². The van der Waals surface area contributed by atoms with Crippen molar-refractivity contribution in [2.45, 2.75) is 25.2 Å². The topological polar surface area (TPSA) is 95.1 Å². The highest BCUT2D eigenvalue weighted by atomic mass is 16.4. The van der Waals surface area contributed by atoms with Gasteiger partial charge in [-0.1, -0.05) is 0 Å². The van der Waals surface area contributed by atoms with E-state index in [1.54, 1.807) is 0 Å². The number of nitrogens with one attached hydrogen (secondary N) is 2. The van der Waals surface area contributed by atoms with Gasteiger partial charge in [0.05, 0.1) is 6.42 Å². The maximum atomic E-state index is 11.3. The first-order valence-electron chi connectivity index (χ1n) is 5.22. The molecule has 0 bridgehead atoms. The number of rotatable bonds is 5. The number of hydrogen-bond acceptors (Lipinski definition) is 4. The number of aromatic amines is 1. The summed E-state index contributed by atoms with van der Waals surface area (Å²) >= 11 is 0. The molecule has 1 saturated carbocycles. The van der Waals surface area contributed by atoms with E-state index in [1.165, 1.54) is 6.07 Å². The van der Waals surface area contributed by atoms with E-state index >= 15 is 0 Å². The van der Waals surface area contributed by atoms with Crippen molar-refractivity contribution >= 4 is 11.8 Å². The fourth-order valence-electron chi connectivity index (χ4n) is 1.41. The molecule has 0 aromatic carbocycles. The zero-order chi connectivity index (χ0) is 11.5. The van der Waals surface area contributed by atoms with Crippen LogP contribution in [0.25, 0.3) is 0 Å². The monoisotopic (exact) mass is 223 g/mol. The average Bonchev–Trinajstić information content (AvgIpc) is 2.99. The highest BCUT2D eigenvalue weighted by molar-refractivity contribution is 5.67. The Morgan fingerprint density at radius 1 is 1.62 bits per heavy atom. The number of carboxylic acids is 1. The first kappa shape index (κ1) is 10.7. The number of carboxylic acid groups (broad SMARTS) is 1. The molecule has 0 saturated heterocycles. The number of anilines is 1. The van der Waals surface area contributed by atoms with Crippen LogP contribution in [0, 0.1) is 0 Å². The van der Waals surface area contributed by atoms with Gasteiger partial charge in [-0.25, -0.2) is 4.98 Å². The zero-order valence-electron chi connectivity index (χ0n) is 8.69. The summed E-state index contributed by atoms with van der Waals surface area (Å²) in [5.74, 6) is 0.644. The SMILES string of the molecule is O=C(O)CCNc1cc(=O)[nH]c(C2CC2)n1. The lowest BCUT2D eigenvalue weighted by atomic mass is 10.4. The molecule has 0 spiro atoms. The third kappa shape index (κ3) is 2.82. The number of H-pyrrole nitrogens is 1. The smallest absolute Gasteiger partial charge is 0.305 e. The van der Waals surface area contributed by atoms with Gasteiger partial charge < -0.3 is 15.4 Å². The minimum Gasteiger partial charge on any atom is -0.481 e. The van der Waals surface area contributed by atoms with Crippen molar-refractivity contribution in [2.24, 2.45) is 0 Å². The minimum absolute atomic E-state index is 0.00718. The van der Waals surface area contributed by atoms with E-state index in [-0.39, 0.29) is 18.5 Å². The van der Waals surface area contributed by atoms with Crippen LogP contribution in [-0.2, 0) is 4.79 Å². The van der Waals surface area contributed by atoms with Crippen molar-refractivity contribution in [3.05, 3.63) is 22.2 Å². The third-order valence-electron chi connectivity index (χ3n) is 2.37. The summed E-state index contributed by atoms with van der Waals surface area (Å²) in [6, 6.07) is 1.34. The van der Waals surface area contributed by atoms with Gasteiger partial charge in [0.25, 0.3) is 5.56 Å². The Hall–Kier alpha value is -1.85. The summed E-state index contributed by atoms with van der Waals surface area (Å²) in [6.07, 6.45) is 2.12. The molecule has 3 N–H and O–H groups in total. The van der Waals surface area contributed by atoms with Crippen LogP contribution >= 0.6 is 0 Å². The predicted octanol–water partition coefficient (Wildman–Crippen LogP) is 0.534. The molecule has 1 aromatic heterocycles. The number of carbonyl (C=O) groups is 1. The Kier molecular flexibility index (Phi) is 2.89. The molecule has 1 aliphatic carbocycles. The maximum Gasteiger partial charge on any atom is 0.305 e. The van der Waals surface area contributed by atoms with Crippen molar-refractivity contribution in [1.82, 2.24) is 9.97 Å². The van der Waals surface area contributed by atoms with Crippen molar-refractivity contribution in [2.75, 3.05) is 11.9 Å². The molecule has 86 valence electrons.